The second kappa shape index (κ2) is 8.49. The summed E-state index contributed by atoms with van der Waals surface area (Å²) < 4.78 is 1.47. The maximum atomic E-state index is 13.3. The first-order valence-electron chi connectivity index (χ1n) is 9.87. The minimum Gasteiger partial charge on any atom is -0.304 e. The summed E-state index contributed by atoms with van der Waals surface area (Å²) in [5.74, 6) is 0. The van der Waals surface area contributed by atoms with Gasteiger partial charge >= 0.3 is 0 Å². The fourth-order valence-electron chi connectivity index (χ4n) is 3.84. The van der Waals surface area contributed by atoms with Crippen molar-refractivity contribution in [3.63, 3.8) is 0 Å². The van der Waals surface area contributed by atoms with Gasteiger partial charge in [0, 0.05) is 16.8 Å². The Morgan fingerprint density at radius 3 is 1.70 bits per heavy atom. The van der Waals surface area contributed by atoms with Crippen LogP contribution in [0.5, 0.6) is 0 Å². The highest BCUT2D eigenvalue weighted by Gasteiger charge is 2.15. The Morgan fingerprint density at radius 2 is 1.26 bits per heavy atom. The van der Waals surface area contributed by atoms with Crippen LogP contribution in [0.25, 0.3) is 21.5 Å². The van der Waals surface area contributed by atoms with Gasteiger partial charge < -0.3 is 4.90 Å². The average molecular weight is 364 g/mol. The fraction of sp³-hybridized carbons (Fsp3) is 0.391. The van der Waals surface area contributed by atoms with Crippen molar-refractivity contribution in [2.75, 3.05) is 19.6 Å². The third-order valence-corrected chi connectivity index (χ3v) is 5.47. The molecule has 0 N–H and O–H groups in total. The number of fused-ring (bicyclic) bond motifs is 3. The molecule has 0 aliphatic heterocycles. The molecule has 4 heteroatoms. The monoisotopic (exact) mass is 364 g/mol. The van der Waals surface area contributed by atoms with Crippen LogP contribution in [0.4, 0.5) is 0 Å². The van der Waals surface area contributed by atoms with Crippen molar-refractivity contribution in [1.29, 1.82) is 0 Å². The summed E-state index contributed by atoms with van der Waals surface area (Å²) in [6, 6.07) is 14.9. The van der Waals surface area contributed by atoms with Gasteiger partial charge in [-0.3, -0.25) is 14.2 Å². The summed E-state index contributed by atoms with van der Waals surface area (Å²) in [5, 5.41) is 2.88. The molecule has 2 aromatic carbocycles. The molecule has 0 saturated carbocycles. The first-order chi connectivity index (χ1) is 13.1. The summed E-state index contributed by atoms with van der Waals surface area (Å²) in [5.41, 5.74) is -0.385. The molecule has 27 heavy (non-hydrogen) atoms. The van der Waals surface area contributed by atoms with Crippen molar-refractivity contribution in [3.8, 4) is 0 Å². The Balaban J connectivity index is 2.12. The van der Waals surface area contributed by atoms with Crippen LogP contribution in [0.3, 0.4) is 0 Å². The van der Waals surface area contributed by atoms with Gasteiger partial charge in [0.15, 0.2) is 0 Å². The first-order valence-corrected chi connectivity index (χ1v) is 9.87. The van der Waals surface area contributed by atoms with Gasteiger partial charge in [-0.05, 0) is 62.3 Å². The van der Waals surface area contributed by atoms with Crippen molar-refractivity contribution >= 4 is 21.5 Å². The lowest BCUT2D eigenvalue weighted by Crippen LogP contribution is -2.33. The third kappa shape index (κ3) is 3.81. The molecule has 0 saturated heterocycles. The first kappa shape index (κ1) is 19.3. The van der Waals surface area contributed by atoms with E-state index in [1.807, 2.05) is 55.5 Å². The summed E-state index contributed by atoms with van der Waals surface area (Å²) in [7, 11) is 0. The molecule has 0 radical (unpaired) electrons. The van der Waals surface area contributed by atoms with E-state index in [2.05, 4.69) is 18.7 Å². The fourth-order valence-corrected chi connectivity index (χ4v) is 3.84. The molecule has 4 nitrogen and oxygen atoms in total. The Labute approximate surface area is 160 Å². The van der Waals surface area contributed by atoms with E-state index in [1.165, 1.54) is 4.57 Å². The molecular formula is C23H28N2O2. The normalized spacial score (nSPS) is 12.7. The summed E-state index contributed by atoms with van der Waals surface area (Å²) in [4.78, 5) is 28.9. The number of hydrogen-bond donors (Lipinski definition) is 0. The van der Waals surface area contributed by atoms with E-state index in [0.29, 0.717) is 10.8 Å². The van der Waals surface area contributed by atoms with Gasteiger partial charge in [-0.25, -0.2) is 0 Å². The van der Waals surface area contributed by atoms with Crippen molar-refractivity contribution in [1.82, 2.24) is 9.47 Å². The molecule has 142 valence electrons. The smallest absolute Gasteiger partial charge is 0.261 e. The average Bonchev–Trinajstić information content (AvgIpc) is 2.79. The zero-order valence-corrected chi connectivity index (χ0v) is 16.4. The van der Waals surface area contributed by atoms with E-state index in [4.69, 9.17) is 0 Å². The lowest BCUT2D eigenvalue weighted by Gasteiger charge is -2.19. The zero-order valence-electron chi connectivity index (χ0n) is 16.4. The Kier molecular flexibility index (Phi) is 6.07. The number of aromatic nitrogens is 1. The molecule has 1 unspecified atom stereocenters. The predicted octanol–water partition coefficient (Wildman–Crippen LogP) is 4.20. The maximum absolute atomic E-state index is 13.3. The number of nitrogens with zero attached hydrogens (tertiary/aromatic N) is 2. The van der Waals surface area contributed by atoms with Gasteiger partial charge in [-0.15, -0.1) is 0 Å². The van der Waals surface area contributed by atoms with E-state index in [0.717, 1.165) is 43.2 Å². The Morgan fingerprint density at radius 1 is 0.815 bits per heavy atom. The minimum atomic E-state index is -0.192. The van der Waals surface area contributed by atoms with Gasteiger partial charge in [0.05, 0.1) is 0 Å². The molecule has 0 amide bonds. The quantitative estimate of drug-likeness (QED) is 0.631. The SMILES string of the molecule is CCN(CC)CCCC(C)n1c(=O)c2ccccc2c2ccccc2c1=O. The Bertz CT molecular complexity index is 979. The second-order valence-corrected chi connectivity index (χ2v) is 7.09. The van der Waals surface area contributed by atoms with Crippen LogP contribution in [-0.2, 0) is 0 Å². The van der Waals surface area contributed by atoms with Gasteiger partial charge in [0.25, 0.3) is 11.1 Å². The van der Waals surface area contributed by atoms with Gasteiger partial charge in [0.2, 0.25) is 0 Å². The maximum Gasteiger partial charge on any atom is 0.261 e. The van der Waals surface area contributed by atoms with Crippen LogP contribution in [0.1, 0.15) is 39.7 Å². The van der Waals surface area contributed by atoms with Crippen LogP contribution in [0.2, 0.25) is 0 Å². The summed E-state index contributed by atoms with van der Waals surface area (Å²) >= 11 is 0. The lowest BCUT2D eigenvalue weighted by molar-refractivity contribution is 0.287. The zero-order chi connectivity index (χ0) is 19.4. The summed E-state index contributed by atoms with van der Waals surface area (Å²) in [6.45, 7) is 9.32. The number of rotatable bonds is 7. The predicted molar refractivity (Wildman–Crippen MR) is 114 cm³/mol. The van der Waals surface area contributed by atoms with Crippen molar-refractivity contribution in [3.05, 3.63) is 69.2 Å². The van der Waals surface area contributed by atoms with Crippen LogP contribution >= 0.6 is 0 Å². The lowest BCUT2D eigenvalue weighted by atomic mass is 10.1. The van der Waals surface area contributed by atoms with Crippen LogP contribution in [0.15, 0.2) is 58.1 Å². The van der Waals surface area contributed by atoms with Crippen molar-refractivity contribution in [2.24, 2.45) is 0 Å². The molecule has 1 atom stereocenters. The molecule has 0 spiro atoms. The molecular weight excluding hydrogens is 336 g/mol. The minimum absolute atomic E-state index is 0.139. The second-order valence-electron chi connectivity index (χ2n) is 7.09. The highest BCUT2D eigenvalue weighted by Crippen LogP contribution is 2.20. The van der Waals surface area contributed by atoms with Gasteiger partial charge in [-0.1, -0.05) is 50.2 Å². The molecule has 0 aliphatic carbocycles. The van der Waals surface area contributed by atoms with Crippen LogP contribution in [-0.4, -0.2) is 29.1 Å². The summed E-state index contributed by atoms with van der Waals surface area (Å²) in [6.07, 6.45) is 1.77. The standard InChI is InChI=1S/C23H28N2O2/c1-4-24(5-2)16-10-11-17(3)25-22(26)20-14-8-6-12-18(20)19-13-7-9-15-21(19)23(25)27/h6-9,12-15,17H,4-5,10-11,16H2,1-3H3. The van der Waals surface area contributed by atoms with Crippen LogP contribution in [0, 0.1) is 0 Å². The van der Waals surface area contributed by atoms with E-state index < -0.39 is 0 Å². The van der Waals surface area contributed by atoms with E-state index in [9.17, 15) is 9.59 Å². The molecule has 3 aromatic rings. The van der Waals surface area contributed by atoms with E-state index >= 15 is 0 Å². The molecule has 0 fully saturated rings. The van der Waals surface area contributed by atoms with Gasteiger partial charge in [-0.2, -0.15) is 0 Å². The van der Waals surface area contributed by atoms with E-state index in [1.54, 1.807) is 0 Å². The molecule has 0 bridgehead atoms. The largest absolute Gasteiger partial charge is 0.304 e. The van der Waals surface area contributed by atoms with Crippen molar-refractivity contribution < 1.29 is 0 Å². The van der Waals surface area contributed by atoms with Crippen LogP contribution < -0.4 is 11.1 Å². The third-order valence-electron chi connectivity index (χ3n) is 5.47. The molecule has 1 heterocycles. The highest BCUT2D eigenvalue weighted by atomic mass is 16.2. The number of benzene rings is 2. The Hall–Kier alpha value is -2.46. The van der Waals surface area contributed by atoms with E-state index in [-0.39, 0.29) is 17.2 Å². The number of hydrogen-bond acceptors (Lipinski definition) is 3. The van der Waals surface area contributed by atoms with Gasteiger partial charge in [0.1, 0.15) is 0 Å². The molecule has 1 aromatic heterocycles. The molecule has 3 rings (SSSR count). The van der Waals surface area contributed by atoms with Crippen molar-refractivity contribution in [2.45, 2.75) is 39.7 Å². The highest BCUT2D eigenvalue weighted by molar-refractivity contribution is 6.05. The molecule has 0 aliphatic rings. The topological polar surface area (TPSA) is 42.3 Å².